The van der Waals surface area contributed by atoms with Gasteiger partial charge in [0.1, 0.15) is 0 Å². The number of fused-ring (bicyclic) bond motifs is 2. The molecule has 0 N–H and O–H groups in total. The van der Waals surface area contributed by atoms with Crippen LogP contribution < -0.4 is 5.56 Å². The molecule has 3 rings (SSSR count). The minimum atomic E-state index is 0.121. The molecule has 0 bridgehead atoms. The summed E-state index contributed by atoms with van der Waals surface area (Å²) in [6.07, 6.45) is 0. The molecule has 1 atom stereocenters. The molecule has 2 aromatic heterocycles. The number of aromatic nitrogens is 2. The number of thiophene rings is 1. The van der Waals surface area contributed by atoms with Gasteiger partial charge in [-0.1, -0.05) is 18.7 Å². The average molecular weight is 238 g/mol. The molecule has 0 aromatic carbocycles. The second-order valence-electron chi connectivity index (χ2n) is 3.79. The first kappa shape index (κ1) is 9.42. The fraction of sp³-hybridized carbons (Fsp3) is 0.400. The third-order valence-corrected chi connectivity index (χ3v) is 4.58. The van der Waals surface area contributed by atoms with Gasteiger partial charge in [0.25, 0.3) is 5.56 Å². The van der Waals surface area contributed by atoms with Crippen LogP contribution in [0.25, 0.3) is 10.9 Å². The molecule has 1 aliphatic heterocycles. The normalized spacial score (nSPS) is 19.7. The number of hydrogen-bond donors (Lipinski definition) is 0. The zero-order valence-corrected chi connectivity index (χ0v) is 10.1. The van der Waals surface area contributed by atoms with Crippen LogP contribution in [0.15, 0.2) is 15.3 Å². The van der Waals surface area contributed by atoms with Gasteiger partial charge >= 0.3 is 0 Å². The van der Waals surface area contributed by atoms with Crippen molar-refractivity contribution in [2.45, 2.75) is 30.8 Å². The maximum Gasteiger partial charge on any atom is 0.262 e. The van der Waals surface area contributed by atoms with E-state index in [1.165, 1.54) is 0 Å². The number of rotatable bonds is 0. The zero-order valence-electron chi connectivity index (χ0n) is 8.48. The van der Waals surface area contributed by atoms with Crippen molar-refractivity contribution in [2.24, 2.45) is 0 Å². The van der Waals surface area contributed by atoms with Gasteiger partial charge in [0.2, 0.25) is 0 Å². The van der Waals surface area contributed by atoms with E-state index in [1.807, 2.05) is 12.3 Å². The lowest BCUT2D eigenvalue weighted by atomic mass is 10.3. The molecule has 2 aromatic rings. The average Bonchev–Trinajstić information content (AvgIpc) is 2.72. The van der Waals surface area contributed by atoms with Gasteiger partial charge in [-0.3, -0.25) is 9.36 Å². The lowest BCUT2D eigenvalue weighted by Crippen LogP contribution is -2.20. The molecule has 78 valence electrons. The topological polar surface area (TPSA) is 34.9 Å². The van der Waals surface area contributed by atoms with E-state index >= 15 is 0 Å². The Kier molecular flexibility index (Phi) is 1.94. The Balaban J connectivity index is 2.41. The zero-order chi connectivity index (χ0) is 10.6. The molecule has 0 saturated heterocycles. The van der Waals surface area contributed by atoms with Crippen molar-refractivity contribution < 1.29 is 0 Å². The summed E-state index contributed by atoms with van der Waals surface area (Å²) in [5.74, 6) is 0. The Bertz CT molecular complexity index is 599. The van der Waals surface area contributed by atoms with E-state index < -0.39 is 0 Å². The lowest BCUT2D eigenvalue weighted by Gasteiger charge is -2.00. The molecule has 0 fully saturated rings. The van der Waals surface area contributed by atoms with Gasteiger partial charge in [0.15, 0.2) is 5.16 Å². The van der Waals surface area contributed by atoms with Crippen LogP contribution in [0.1, 0.15) is 11.8 Å². The molecule has 0 aliphatic carbocycles. The standard InChI is InChI=1S/C10H10N2OS2/c1-5-3-12-9(13)7-4-14-6(2)8(7)11-10(12)15-5/h4-5H,3H2,1-2H3. The van der Waals surface area contributed by atoms with E-state index in [0.29, 0.717) is 5.25 Å². The number of aryl methyl sites for hydroxylation is 1. The van der Waals surface area contributed by atoms with Gasteiger partial charge in [-0.05, 0) is 6.92 Å². The predicted octanol–water partition coefficient (Wildman–Crippen LogP) is 2.26. The van der Waals surface area contributed by atoms with E-state index in [0.717, 1.165) is 27.5 Å². The SMILES string of the molecule is Cc1scc2c(=O)n3c(nc12)SC(C)C3. The minimum Gasteiger partial charge on any atom is -0.286 e. The van der Waals surface area contributed by atoms with Gasteiger partial charge in [-0.15, -0.1) is 11.3 Å². The summed E-state index contributed by atoms with van der Waals surface area (Å²) in [5, 5.41) is 4.03. The summed E-state index contributed by atoms with van der Waals surface area (Å²) in [6, 6.07) is 0. The summed E-state index contributed by atoms with van der Waals surface area (Å²) in [7, 11) is 0. The van der Waals surface area contributed by atoms with E-state index in [1.54, 1.807) is 27.7 Å². The minimum absolute atomic E-state index is 0.121. The highest BCUT2D eigenvalue weighted by Gasteiger charge is 2.23. The van der Waals surface area contributed by atoms with Gasteiger partial charge in [0.05, 0.1) is 10.9 Å². The maximum atomic E-state index is 12.1. The van der Waals surface area contributed by atoms with Gasteiger partial charge in [-0.2, -0.15) is 0 Å². The molecule has 0 spiro atoms. The highest BCUT2D eigenvalue weighted by atomic mass is 32.2. The first-order valence-corrected chi connectivity index (χ1v) is 6.58. The highest BCUT2D eigenvalue weighted by molar-refractivity contribution is 7.99. The van der Waals surface area contributed by atoms with Gasteiger partial charge in [0, 0.05) is 22.1 Å². The number of hydrogen-bond acceptors (Lipinski definition) is 4. The van der Waals surface area contributed by atoms with Crippen LogP contribution in [0, 0.1) is 6.92 Å². The molecule has 5 heteroatoms. The molecule has 3 heterocycles. The predicted molar refractivity (Wildman–Crippen MR) is 63.9 cm³/mol. The van der Waals surface area contributed by atoms with Crippen molar-refractivity contribution in [3.8, 4) is 0 Å². The third kappa shape index (κ3) is 1.26. The summed E-state index contributed by atoms with van der Waals surface area (Å²) in [5.41, 5.74) is 1.01. The molecule has 1 unspecified atom stereocenters. The first-order chi connectivity index (χ1) is 7.16. The molecule has 0 saturated carbocycles. The van der Waals surface area contributed by atoms with Crippen LogP contribution in [-0.4, -0.2) is 14.8 Å². The number of thioether (sulfide) groups is 1. The summed E-state index contributed by atoms with van der Waals surface area (Å²) in [6.45, 7) is 4.93. The van der Waals surface area contributed by atoms with Crippen LogP contribution in [0.5, 0.6) is 0 Å². The third-order valence-electron chi connectivity index (χ3n) is 2.60. The fourth-order valence-corrected chi connectivity index (χ4v) is 3.64. The van der Waals surface area contributed by atoms with Crippen molar-refractivity contribution in [3.05, 3.63) is 20.6 Å². The van der Waals surface area contributed by atoms with Crippen LogP contribution in [0.4, 0.5) is 0 Å². The monoisotopic (exact) mass is 238 g/mol. The smallest absolute Gasteiger partial charge is 0.262 e. The van der Waals surface area contributed by atoms with E-state index in [9.17, 15) is 4.79 Å². The van der Waals surface area contributed by atoms with Crippen LogP contribution >= 0.6 is 23.1 Å². The second-order valence-corrected chi connectivity index (χ2v) is 6.28. The molecule has 0 radical (unpaired) electrons. The molecular formula is C10H10N2OS2. The first-order valence-electron chi connectivity index (χ1n) is 4.82. The van der Waals surface area contributed by atoms with Crippen molar-refractivity contribution in [1.29, 1.82) is 0 Å². The Labute approximate surface area is 95.1 Å². The van der Waals surface area contributed by atoms with Crippen molar-refractivity contribution >= 4 is 34.0 Å². The molecule has 0 amide bonds. The molecule has 3 nitrogen and oxygen atoms in total. The summed E-state index contributed by atoms with van der Waals surface area (Å²) >= 11 is 3.29. The quantitative estimate of drug-likeness (QED) is 0.660. The van der Waals surface area contributed by atoms with Crippen LogP contribution in [0.3, 0.4) is 0 Å². The molecular weight excluding hydrogens is 228 g/mol. The van der Waals surface area contributed by atoms with Crippen molar-refractivity contribution in [3.63, 3.8) is 0 Å². The fourth-order valence-electron chi connectivity index (χ4n) is 1.85. The Morgan fingerprint density at radius 1 is 1.60 bits per heavy atom. The Morgan fingerprint density at radius 3 is 3.20 bits per heavy atom. The molecule has 1 aliphatic rings. The molecule has 15 heavy (non-hydrogen) atoms. The largest absolute Gasteiger partial charge is 0.286 e. The van der Waals surface area contributed by atoms with Gasteiger partial charge in [-0.25, -0.2) is 4.98 Å². The van der Waals surface area contributed by atoms with E-state index in [-0.39, 0.29) is 5.56 Å². The van der Waals surface area contributed by atoms with Crippen molar-refractivity contribution in [2.75, 3.05) is 0 Å². The van der Waals surface area contributed by atoms with Crippen LogP contribution in [-0.2, 0) is 6.54 Å². The number of nitrogens with zero attached hydrogens (tertiary/aromatic N) is 2. The highest BCUT2D eigenvalue weighted by Crippen LogP contribution is 2.31. The van der Waals surface area contributed by atoms with E-state index in [2.05, 4.69) is 11.9 Å². The van der Waals surface area contributed by atoms with Gasteiger partial charge < -0.3 is 0 Å². The maximum absolute atomic E-state index is 12.1. The van der Waals surface area contributed by atoms with Crippen LogP contribution in [0.2, 0.25) is 0 Å². The Morgan fingerprint density at radius 2 is 2.40 bits per heavy atom. The summed E-state index contributed by atoms with van der Waals surface area (Å²) < 4.78 is 1.80. The lowest BCUT2D eigenvalue weighted by molar-refractivity contribution is 0.629. The summed E-state index contributed by atoms with van der Waals surface area (Å²) in [4.78, 5) is 17.8. The van der Waals surface area contributed by atoms with E-state index in [4.69, 9.17) is 0 Å². The van der Waals surface area contributed by atoms with Crippen molar-refractivity contribution in [1.82, 2.24) is 9.55 Å². The Hall–Kier alpha value is -0.810. The second kappa shape index (κ2) is 3.09.